The number of aliphatic imine (C=N–C) groups is 1. The second kappa shape index (κ2) is 13.5. The number of ether oxygens (including phenoxy) is 2. The van der Waals surface area contributed by atoms with Crippen molar-refractivity contribution >= 4 is 29.9 Å². The van der Waals surface area contributed by atoms with Gasteiger partial charge in [-0.1, -0.05) is 36.4 Å². The van der Waals surface area contributed by atoms with Crippen LogP contribution in [-0.2, 0) is 19.7 Å². The van der Waals surface area contributed by atoms with Gasteiger partial charge in [0.1, 0.15) is 18.1 Å². The molecule has 0 aliphatic rings. The molecular formula is C24H29IN4O2. The summed E-state index contributed by atoms with van der Waals surface area (Å²) in [5, 5.41) is 6.66. The molecule has 3 rings (SSSR count). The SMILES string of the molecule is CCOc1ccccc1CNC(=NC)NCc1ccc(OCc2ccccn2)cc1.I. The summed E-state index contributed by atoms with van der Waals surface area (Å²) < 4.78 is 11.5. The lowest BCUT2D eigenvalue weighted by Gasteiger charge is -2.14. The molecule has 0 spiro atoms. The van der Waals surface area contributed by atoms with Gasteiger partial charge in [0.25, 0.3) is 0 Å². The zero-order chi connectivity index (χ0) is 21.0. The topological polar surface area (TPSA) is 67.8 Å². The van der Waals surface area contributed by atoms with E-state index in [2.05, 4.69) is 26.7 Å². The van der Waals surface area contributed by atoms with Crippen LogP contribution in [0, 0.1) is 0 Å². The Balaban J connectivity index is 0.00000341. The molecule has 7 heteroatoms. The summed E-state index contributed by atoms with van der Waals surface area (Å²) >= 11 is 0. The van der Waals surface area contributed by atoms with Gasteiger partial charge >= 0.3 is 0 Å². The highest BCUT2D eigenvalue weighted by molar-refractivity contribution is 14.0. The number of hydrogen-bond acceptors (Lipinski definition) is 4. The fourth-order valence-electron chi connectivity index (χ4n) is 2.88. The van der Waals surface area contributed by atoms with Crippen molar-refractivity contribution in [3.05, 3.63) is 89.7 Å². The molecule has 0 fully saturated rings. The summed E-state index contributed by atoms with van der Waals surface area (Å²) in [5.41, 5.74) is 3.14. The van der Waals surface area contributed by atoms with Crippen LogP contribution in [0.25, 0.3) is 0 Å². The minimum atomic E-state index is 0. The maximum absolute atomic E-state index is 5.78. The molecule has 0 amide bonds. The van der Waals surface area contributed by atoms with E-state index in [1.54, 1.807) is 13.2 Å². The Labute approximate surface area is 201 Å². The minimum absolute atomic E-state index is 0. The molecule has 0 saturated heterocycles. The molecule has 0 unspecified atom stereocenters. The zero-order valence-corrected chi connectivity index (χ0v) is 20.2. The van der Waals surface area contributed by atoms with Crippen molar-refractivity contribution in [1.29, 1.82) is 0 Å². The normalized spacial score (nSPS) is 10.7. The first-order chi connectivity index (χ1) is 14.8. The van der Waals surface area contributed by atoms with Crippen molar-refractivity contribution in [1.82, 2.24) is 15.6 Å². The second-order valence-corrected chi connectivity index (χ2v) is 6.57. The molecule has 31 heavy (non-hydrogen) atoms. The van der Waals surface area contributed by atoms with Crippen molar-refractivity contribution in [2.75, 3.05) is 13.7 Å². The van der Waals surface area contributed by atoms with Gasteiger partial charge < -0.3 is 20.1 Å². The summed E-state index contributed by atoms with van der Waals surface area (Å²) in [5.74, 6) is 2.44. The minimum Gasteiger partial charge on any atom is -0.494 e. The van der Waals surface area contributed by atoms with E-state index in [4.69, 9.17) is 9.47 Å². The molecule has 0 bridgehead atoms. The van der Waals surface area contributed by atoms with Crippen LogP contribution < -0.4 is 20.1 Å². The number of halogens is 1. The molecular weight excluding hydrogens is 503 g/mol. The Morgan fingerprint density at radius 2 is 1.65 bits per heavy atom. The molecule has 2 aromatic carbocycles. The van der Waals surface area contributed by atoms with Gasteiger partial charge in [0, 0.05) is 31.9 Å². The molecule has 3 aromatic rings. The molecule has 1 heterocycles. The summed E-state index contributed by atoms with van der Waals surface area (Å²) in [7, 11) is 1.76. The molecule has 0 radical (unpaired) electrons. The quantitative estimate of drug-likeness (QED) is 0.241. The van der Waals surface area contributed by atoms with E-state index in [-0.39, 0.29) is 24.0 Å². The number of aromatic nitrogens is 1. The average Bonchev–Trinajstić information content (AvgIpc) is 2.80. The number of hydrogen-bond donors (Lipinski definition) is 2. The third-order valence-electron chi connectivity index (χ3n) is 4.44. The number of para-hydroxylation sites is 1. The predicted molar refractivity (Wildman–Crippen MR) is 135 cm³/mol. The van der Waals surface area contributed by atoms with Gasteiger partial charge in [-0.25, -0.2) is 0 Å². The standard InChI is InChI=1S/C24H28N4O2.HI/c1-3-29-23-10-5-4-8-20(23)17-28-24(25-2)27-16-19-11-13-22(14-12-19)30-18-21-9-6-7-15-26-21;/h4-15H,3,16-18H2,1-2H3,(H2,25,27,28);1H. The summed E-state index contributed by atoms with van der Waals surface area (Å²) in [4.78, 5) is 8.56. The van der Waals surface area contributed by atoms with E-state index in [1.165, 1.54) is 0 Å². The van der Waals surface area contributed by atoms with Crippen LogP contribution in [0.2, 0.25) is 0 Å². The molecule has 0 aliphatic carbocycles. The van der Waals surface area contributed by atoms with Crippen LogP contribution in [0.5, 0.6) is 11.5 Å². The maximum atomic E-state index is 5.78. The van der Waals surface area contributed by atoms with Gasteiger partial charge in [0.15, 0.2) is 5.96 Å². The molecule has 0 aliphatic heterocycles. The third kappa shape index (κ3) is 8.09. The molecule has 164 valence electrons. The van der Waals surface area contributed by atoms with Crippen molar-refractivity contribution in [2.24, 2.45) is 4.99 Å². The lowest BCUT2D eigenvalue weighted by Crippen LogP contribution is -2.36. The van der Waals surface area contributed by atoms with Crippen molar-refractivity contribution in [3.63, 3.8) is 0 Å². The third-order valence-corrected chi connectivity index (χ3v) is 4.44. The van der Waals surface area contributed by atoms with E-state index in [9.17, 15) is 0 Å². The average molecular weight is 532 g/mol. The molecule has 2 N–H and O–H groups in total. The van der Waals surface area contributed by atoms with E-state index in [1.807, 2.05) is 67.6 Å². The number of pyridine rings is 1. The monoisotopic (exact) mass is 532 g/mol. The van der Waals surface area contributed by atoms with E-state index in [0.717, 1.165) is 34.3 Å². The Kier molecular flexibility index (Phi) is 10.6. The number of nitrogens with one attached hydrogen (secondary N) is 2. The zero-order valence-electron chi connectivity index (χ0n) is 17.9. The Morgan fingerprint density at radius 1 is 0.903 bits per heavy atom. The Hall–Kier alpha value is -2.81. The second-order valence-electron chi connectivity index (χ2n) is 6.57. The van der Waals surface area contributed by atoms with Crippen LogP contribution in [0.4, 0.5) is 0 Å². The number of rotatable bonds is 9. The van der Waals surface area contributed by atoms with Gasteiger partial charge in [-0.3, -0.25) is 9.98 Å². The van der Waals surface area contributed by atoms with Gasteiger partial charge in [-0.05, 0) is 42.8 Å². The van der Waals surface area contributed by atoms with Gasteiger partial charge in [-0.15, -0.1) is 24.0 Å². The smallest absolute Gasteiger partial charge is 0.191 e. The van der Waals surface area contributed by atoms with E-state index in [0.29, 0.717) is 26.3 Å². The van der Waals surface area contributed by atoms with Crippen molar-refractivity contribution in [2.45, 2.75) is 26.6 Å². The van der Waals surface area contributed by atoms with Crippen LogP contribution >= 0.6 is 24.0 Å². The van der Waals surface area contributed by atoms with Crippen molar-refractivity contribution in [3.8, 4) is 11.5 Å². The Bertz CT molecular complexity index is 934. The number of guanidine groups is 1. The summed E-state index contributed by atoms with van der Waals surface area (Å²) in [6, 6.07) is 21.8. The fourth-order valence-corrected chi connectivity index (χ4v) is 2.88. The number of benzene rings is 2. The van der Waals surface area contributed by atoms with Crippen LogP contribution in [0.3, 0.4) is 0 Å². The van der Waals surface area contributed by atoms with Crippen LogP contribution in [-0.4, -0.2) is 24.6 Å². The molecule has 6 nitrogen and oxygen atoms in total. The predicted octanol–water partition coefficient (Wildman–Crippen LogP) is 4.54. The largest absolute Gasteiger partial charge is 0.494 e. The van der Waals surface area contributed by atoms with Crippen LogP contribution in [0.1, 0.15) is 23.7 Å². The van der Waals surface area contributed by atoms with Crippen LogP contribution in [0.15, 0.2) is 77.9 Å². The molecule has 0 saturated carbocycles. The highest BCUT2D eigenvalue weighted by Gasteiger charge is 2.04. The highest BCUT2D eigenvalue weighted by Crippen LogP contribution is 2.17. The van der Waals surface area contributed by atoms with E-state index >= 15 is 0 Å². The van der Waals surface area contributed by atoms with Gasteiger partial charge in [0.05, 0.1) is 12.3 Å². The first kappa shape index (κ1) is 24.5. The Morgan fingerprint density at radius 3 is 2.35 bits per heavy atom. The van der Waals surface area contributed by atoms with Gasteiger partial charge in [0.2, 0.25) is 0 Å². The molecule has 1 aromatic heterocycles. The number of nitrogens with zero attached hydrogens (tertiary/aromatic N) is 2. The van der Waals surface area contributed by atoms with Crippen molar-refractivity contribution < 1.29 is 9.47 Å². The fraction of sp³-hybridized carbons (Fsp3) is 0.250. The first-order valence-electron chi connectivity index (χ1n) is 10.1. The lowest BCUT2D eigenvalue weighted by atomic mass is 10.2. The lowest BCUT2D eigenvalue weighted by molar-refractivity contribution is 0.301. The van der Waals surface area contributed by atoms with E-state index < -0.39 is 0 Å². The molecule has 0 atom stereocenters. The summed E-state index contributed by atoms with van der Waals surface area (Å²) in [6.45, 7) is 4.38. The summed E-state index contributed by atoms with van der Waals surface area (Å²) in [6.07, 6.45) is 1.77. The highest BCUT2D eigenvalue weighted by atomic mass is 127. The first-order valence-corrected chi connectivity index (χ1v) is 10.1. The van der Waals surface area contributed by atoms with Gasteiger partial charge in [-0.2, -0.15) is 0 Å². The maximum Gasteiger partial charge on any atom is 0.191 e.